The Morgan fingerprint density at radius 2 is 1.74 bits per heavy atom. The SMILES string of the molecule is CCCCCn1cc(C(=O)c2cccc3ccccc23)c2cc(F)ccc21. The van der Waals surface area contributed by atoms with Gasteiger partial charge in [-0.3, -0.25) is 4.79 Å². The highest BCUT2D eigenvalue weighted by atomic mass is 19.1. The second-order valence-corrected chi connectivity index (χ2v) is 6.96. The van der Waals surface area contributed by atoms with Gasteiger partial charge >= 0.3 is 0 Å². The van der Waals surface area contributed by atoms with Gasteiger partial charge < -0.3 is 4.57 Å². The minimum Gasteiger partial charge on any atom is -0.347 e. The van der Waals surface area contributed by atoms with Crippen LogP contribution in [0.25, 0.3) is 21.7 Å². The molecule has 3 aromatic carbocycles. The molecule has 2 nitrogen and oxygen atoms in total. The number of hydrogen-bond donors (Lipinski definition) is 0. The fraction of sp³-hybridized carbons (Fsp3) is 0.208. The number of benzene rings is 3. The van der Waals surface area contributed by atoms with Crippen molar-refractivity contribution in [3.05, 3.63) is 83.8 Å². The fourth-order valence-corrected chi connectivity index (χ4v) is 3.74. The lowest BCUT2D eigenvalue weighted by molar-refractivity contribution is 0.104. The minimum absolute atomic E-state index is 0.0587. The quantitative estimate of drug-likeness (QED) is 0.290. The second kappa shape index (κ2) is 7.36. The molecule has 3 heteroatoms. The molecule has 0 saturated heterocycles. The number of unbranched alkanes of at least 4 members (excludes halogenated alkanes) is 2. The summed E-state index contributed by atoms with van der Waals surface area (Å²) in [4.78, 5) is 13.4. The second-order valence-electron chi connectivity index (χ2n) is 6.96. The molecule has 0 N–H and O–H groups in total. The molecule has 0 unspecified atom stereocenters. The summed E-state index contributed by atoms with van der Waals surface area (Å²) in [5.74, 6) is -0.377. The van der Waals surface area contributed by atoms with Crippen LogP contribution in [0.5, 0.6) is 0 Å². The van der Waals surface area contributed by atoms with Crippen LogP contribution in [0.15, 0.2) is 66.9 Å². The number of carbonyl (C=O) groups excluding carboxylic acids is 1. The molecule has 0 aliphatic carbocycles. The third-order valence-electron chi connectivity index (χ3n) is 5.12. The molecule has 136 valence electrons. The highest BCUT2D eigenvalue weighted by Gasteiger charge is 2.19. The van der Waals surface area contributed by atoms with Crippen molar-refractivity contribution in [2.45, 2.75) is 32.7 Å². The van der Waals surface area contributed by atoms with Gasteiger partial charge in [-0.1, -0.05) is 62.2 Å². The van der Waals surface area contributed by atoms with Crippen LogP contribution in [0, 0.1) is 5.82 Å². The molecular weight excluding hydrogens is 337 g/mol. The Balaban J connectivity index is 1.84. The number of fused-ring (bicyclic) bond motifs is 2. The van der Waals surface area contributed by atoms with Gasteiger partial charge in [0.15, 0.2) is 5.78 Å². The van der Waals surface area contributed by atoms with E-state index < -0.39 is 0 Å². The molecule has 0 radical (unpaired) electrons. The average molecular weight is 359 g/mol. The Morgan fingerprint density at radius 1 is 0.926 bits per heavy atom. The zero-order valence-electron chi connectivity index (χ0n) is 15.4. The predicted octanol–water partition coefficient (Wildman–Crippen LogP) is 6.35. The van der Waals surface area contributed by atoms with Gasteiger partial charge in [0.2, 0.25) is 0 Å². The van der Waals surface area contributed by atoms with Crippen molar-refractivity contribution >= 4 is 27.5 Å². The first kappa shape index (κ1) is 17.5. The van der Waals surface area contributed by atoms with Crippen LogP contribution in [0.3, 0.4) is 0 Å². The minimum atomic E-state index is -0.319. The van der Waals surface area contributed by atoms with Crippen LogP contribution >= 0.6 is 0 Å². The van der Waals surface area contributed by atoms with Crippen LogP contribution in [0.4, 0.5) is 4.39 Å². The van der Waals surface area contributed by atoms with E-state index in [0.717, 1.165) is 42.1 Å². The molecule has 4 aromatic rings. The number of halogens is 1. The fourth-order valence-electron chi connectivity index (χ4n) is 3.74. The van der Waals surface area contributed by atoms with Crippen molar-refractivity contribution in [3.8, 4) is 0 Å². The van der Waals surface area contributed by atoms with E-state index in [1.807, 2.05) is 48.7 Å². The Morgan fingerprint density at radius 3 is 2.59 bits per heavy atom. The van der Waals surface area contributed by atoms with E-state index in [2.05, 4.69) is 11.5 Å². The van der Waals surface area contributed by atoms with Crippen LogP contribution in [0.2, 0.25) is 0 Å². The summed E-state index contributed by atoms with van der Waals surface area (Å²) in [6.07, 6.45) is 5.20. The number of hydrogen-bond acceptors (Lipinski definition) is 1. The number of aromatic nitrogens is 1. The van der Waals surface area contributed by atoms with Gasteiger partial charge in [0.1, 0.15) is 5.82 Å². The highest BCUT2D eigenvalue weighted by Crippen LogP contribution is 2.28. The maximum absolute atomic E-state index is 13.9. The molecule has 0 aliphatic heterocycles. The van der Waals surface area contributed by atoms with Gasteiger partial charge in [0.05, 0.1) is 0 Å². The van der Waals surface area contributed by atoms with Crippen molar-refractivity contribution in [2.24, 2.45) is 0 Å². The number of rotatable bonds is 6. The molecule has 0 fully saturated rings. The summed E-state index contributed by atoms with van der Waals surface area (Å²) in [5, 5.41) is 2.64. The summed E-state index contributed by atoms with van der Waals surface area (Å²) in [6, 6.07) is 18.3. The molecule has 4 rings (SSSR count). The Kier molecular flexibility index (Phi) is 4.76. The molecule has 1 aromatic heterocycles. The highest BCUT2D eigenvalue weighted by molar-refractivity contribution is 6.21. The first-order valence-electron chi connectivity index (χ1n) is 9.50. The van der Waals surface area contributed by atoms with E-state index in [0.29, 0.717) is 16.5 Å². The Bertz CT molecular complexity index is 1120. The predicted molar refractivity (Wildman–Crippen MR) is 109 cm³/mol. The summed E-state index contributed by atoms with van der Waals surface area (Å²) >= 11 is 0. The zero-order chi connectivity index (χ0) is 18.8. The van der Waals surface area contributed by atoms with Gasteiger partial charge in [-0.05, 0) is 35.4 Å². The van der Waals surface area contributed by atoms with Crippen molar-refractivity contribution in [1.29, 1.82) is 0 Å². The smallest absolute Gasteiger partial charge is 0.195 e. The topological polar surface area (TPSA) is 22.0 Å². The molecule has 0 spiro atoms. The first-order chi connectivity index (χ1) is 13.2. The van der Waals surface area contributed by atoms with Gasteiger partial charge in [-0.2, -0.15) is 0 Å². The average Bonchev–Trinajstić information content (AvgIpc) is 3.05. The lowest BCUT2D eigenvalue weighted by atomic mass is 9.97. The number of ketones is 1. The van der Waals surface area contributed by atoms with Crippen molar-refractivity contribution in [1.82, 2.24) is 4.57 Å². The molecule has 27 heavy (non-hydrogen) atoms. The monoisotopic (exact) mass is 359 g/mol. The normalized spacial score (nSPS) is 11.3. The number of nitrogens with zero attached hydrogens (tertiary/aromatic N) is 1. The van der Waals surface area contributed by atoms with Crippen LogP contribution in [-0.4, -0.2) is 10.4 Å². The molecule has 1 heterocycles. The van der Waals surface area contributed by atoms with Gasteiger partial charge in [-0.15, -0.1) is 0 Å². The van der Waals surface area contributed by atoms with E-state index in [9.17, 15) is 9.18 Å². The van der Waals surface area contributed by atoms with Gasteiger partial charge in [0, 0.05) is 34.8 Å². The molecule has 0 aliphatic rings. The third-order valence-corrected chi connectivity index (χ3v) is 5.12. The number of aryl methyl sites for hydroxylation is 1. The summed E-state index contributed by atoms with van der Waals surface area (Å²) in [6.45, 7) is 3.00. The first-order valence-corrected chi connectivity index (χ1v) is 9.50. The van der Waals surface area contributed by atoms with Gasteiger partial charge in [0.25, 0.3) is 0 Å². The lowest BCUT2D eigenvalue weighted by Gasteiger charge is -2.05. The standard InChI is InChI=1S/C24H22FNO/c1-2-3-6-14-26-16-22(21-15-18(25)12-13-23(21)26)24(27)20-11-7-9-17-8-4-5-10-19(17)20/h4-5,7-13,15-16H,2-3,6,14H2,1H3. The van der Waals surface area contributed by atoms with Crippen molar-refractivity contribution < 1.29 is 9.18 Å². The molecular formula is C24H22FNO. The van der Waals surface area contributed by atoms with Crippen LogP contribution in [-0.2, 0) is 6.54 Å². The van der Waals surface area contributed by atoms with E-state index in [1.165, 1.54) is 12.1 Å². The van der Waals surface area contributed by atoms with Crippen LogP contribution in [0.1, 0.15) is 42.1 Å². The molecule has 0 amide bonds. The summed E-state index contributed by atoms with van der Waals surface area (Å²) in [7, 11) is 0. The zero-order valence-corrected chi connectivity index (χ0v) is 15.4. The maximum atomic E-state index is 13.9. The number of carbonyl (C=O) groups is 1. The molecule has 0 saturated carbocycles. The van der Waals surface area contributed by atoms with Crippen LogP contribution < -0.4 is 0 Å². The summed E-state index contributed by atoms with van der Waals surface area (Å²) in [5.41, 5.74) is 2.14. The molecule has 0 bridgehead atoms. The lowest BCUT2D eigenvalue weighted by Crippen LogP contribution is -2.02. The Labute approximate surface area is 158 Å². The molecule has 0 atom stereocenters. The third kappa shape index (κ3) is 3.25. The Hall–Kier alpha value is -2.94. The van der Waals surface area contributed by atoms with Crippen molar-refractivity contribution in [2.75, 3.05) is 0 Å². The van der Waals surface area contributed by atoms with E-state index in [-0.39, 0.29) is 11.6 Å². The van der Waals surface area contributed by atoms with Gasteiger partial charge in [-0.25, -0.2) is 4.39 Å². The van der Waals surface area contributed by atoms with E-state index >= 15 is 0 Å². The largest absolute Gasteiger partial charge is 0.347 e. The van der Waals surface area contributed by atoms with Crippen molar-refractivity contribution in [3.63, 3.8) is 0 Å². The summed E-state index contributed by atoms with van der Waals surface area (Å²) < 4.78 is 16.0. The van der Waals surface area contributed by atoms with E-state index in [4.69, 9.17) is 0 Å². The maximum Gasteiger partial charge on any atom is 0.195 e. The van der Waals surface area contributed by atoms with E-state index in [1.54, 1.807) is 6.07 Å².